The van der Waals surface area contributed by atoms with E-state index in [1.807, 2.05) is 37.2 Å². The van der Waals surface area contributed by atoms with Gasteiger partial charge in [0.25, 0.3) is 0 Å². The van der Waals surface area contributed by atoms with E-state index in [-0.39, 0.29) is 24.1 Å². The number of nitrogen functional groups attached to an aromatic ring is 1. The number of amidine groups is 1. The van der Waals surface area contributed by atoms with Crippen LogP contribution in [0.1, 0.15) is 16.7 Å². The number of hydrogen-bond acceptors (Lipinski definition) is 5. The second-order valence-electron chi connectivity index (χ2n) is 8.13. The van der Waals surface area contributed by atoms with Crippen molar-refractivity contribution in [2.45, 2.75) is 0 Å². The molecule has 0 atom stereocenters. The Balaban J connectivity index is 1.89. The van der Waals surface area contributed by atoms with Crippen LogP contribution in [0.5, 0.6) is 0 Å². The van der Waals surface area contributed by atoms with Crippen LogP contribution in [-0.4, -0.2) is 50.4 Å². The molecule has 184 valence electrons. The number of anilines is 1. The van der Waals surface area contributed by atoms with Crippen molar-refractivity contribution in [1.29, 1.82) is 5.41 Å². The first kappa shape index (κ1) is 26.1. The first-order valence-corrected chi connectivity index (χ1v) is 11.2. The van der Waals surface area contributed by atoms with E-state index in [1.165, 1.54) is 17.1 Å². The minimum absolute atomic E-state index is 0.0387. The fourth-order valence-corrected chi connectivity index (χ4v) is 3.07. The lowest BCUT2D eigenvalue weighted by Crippen LogP contribution is -2.38. The van der Waals surface area contributed by atoms with Gasteiger partial charge in [-0.15, -0.1) is 5.11 Å². The molecule has 3 rings (SSSR count). The van der Waals surface area contributed by atoms with Gasteiger partial charge in [-0.25, -0.2) is 9.40 Å². The summed E-state index contributed by atoms with van der Waals surface area (Å²) in [6.45, 7) is 1.13. The Morgan fingerprint density at radius 2 is 1.72 bits per heavy atom. The van der Waals surface area contributed by atoms with Gasteiger partial charge in [-0.05, 0) is 74.8 Å². The summed E-state index contributed by atoms with van der Waals surface area (Å²) >= 11 is 0. The third-order valence-corrected chi connectivity index (χ3v) is 4.99. The molecule has 0 spiro atoms. The van der Waals surface area contributed by atoms with Crippen LogP contribution in [-0.2, 0) is 4.79 Å². The average Bonchev–Trinajstić information content (AvgIpc) is 2.86. The number of rotatable bonds is 9. The van der Waals surface area contributed by atoms with Gasteiger partial charge in [0, 0.05) is 24.2 Å². The van der Waals surface area contributed by atoms with E-state index >= 15 is 0 Å². The minimum atomic E-state index is -0.329. The minimum Gasteiger partial charge on any atom is -0.384 e. The molecule has 0 aliphatic heterocycles. The van der Waals surface area contributed by atoms with Crippen molar-refractivity contribution >= 4 is 23.1 Å². The van der Waals surface area contributed by atoms with Crippen LogP contribution in [0.3, 0.4) is 0 Å². The lowest BCUT2D eigenvalue weighted by molar-refractivity contribution is -0.119. The Bertz CT molecular complexity index is 1280. The number of nitrogens with one attached hydrogen (secondary N) is 2. The number of nitrogens with zero attached hydrogens (tertiary/aromatic N) is 4. The lowest BCUT2D eigenvalue weighted by Gasteiger charge is -2.19. The van der Waals surface area contributed by atoms with Crippen molar-refractivity contribution < 1.29 is 9.18 Å². The van der Waals surface area contributed by atoms with Crippen molar-refractivity contribution in [3.63, 3.8) is 0 Å². The molecule has 0 saturated carbocycles. The number of benzene rings is 3. The molecule has 0 fully saturated rings. The van der Waals surface area contributed by atoms with Crippen LogP contribution in [0, 0.1) is 23.1 Å². The summed E-state index contributed by atoms with van der Waals surface area (Å²) in [6.07, 6.45) is 0. The van der Waals surface area contributed by atoms with Gasteiger partial charge in [-0.2, -0.15) is 0 Å². The molecule has 0 aliphatic carbocycles. The quantitative estimate of drug-likeness (QED) is 0.141. The van der Waals surface area contributed by atoms with Crippen LogP contribution in [0.4, 0.5) is 15.8 Å². The third kappa shape index (κ3) is 8.04. The Labute approximate surface area is 210 Å². The van der Waals surface area contributed by atoms with Crippen LogP contribution in [0.15, 0.2) is 83.1 Å². The Morgan fingerprint density at radius 1 is 1.03 bits per heavy atom. The maximum absolute atomic E-state index is 13.2. The van der Waals surface area contributed by atoms with E-state index in [9.17, 15) is 9.18 Å². The topological polar surface area (TPSA) is 110 Å². The molecule has 3 aromatic rings. The molecule has 4 N–H and O–H groups in total. The smallest absolute Gasteiger partial charge is 0.241 e. The summed E-state index contributed by atoms with van der Waals surface area (Å²) < 4.78 is 13.2. The first-order valence-electron chi connectivity index (χ1n) is 11.2. The SMILES string of the molecule is CN(C)CCNC(=O)CN(N=Nc1ccc(C(=N)N)cc1)c1ccccc1C#Cc1ccc(F)cc1. The van der Waals surface area contributed by atoms with Crippen molar-refractivity contribution in [3.8, 4) is 11.8 Å². The lowest BCUT2D eigenvalue weighted by atomic mass is 10.1. The molecule has 0 aromatic heterocycles. The van der Waals surface area contributed by atoms with Crippen molar-refractivity contribution in [1.82, 2.24) is 10.2 Å². The zero-order valence-electron chi connectivity index (χ0n) is 20.2. The van der Waals surface area contributed by atoms with Gasteiger partial charge >= 0.3 is 0 Å². The number of halogens is 1. The molecule has 1 amide bonds. The normalized spacial score (nSPS) is 10.7. The molecule has 0 heterocycles. The highest BCUT2D eigenvalue weighted by atomic mass is 19.1. The predicted octanol–water partition coefficient (Wildman–Crippen LogP) is 3.69. The second-order valence-corrected chi connectivity index (χ2v) is 8.13. The van der Waals surface area contributed by atoms with Gasteiger partial charge < -0.3 is 16.0 Å². The van der Waals surface area contributed by atoms with Gasteiger partial charge in [0.2, 0.25) is 5.91 Å². The average molecular weight is 486 g/mol. The maximum Gasteiger partial charge on any atom is 0.241 e. The van der Waals surface area contributed by atoms with Crippen LogP contribution in [0.2, 0.25) is 0 Å². The number of carbonyl (C=O) groups is 1. The molecule has 0 aliphatic rings. The van der Waals surface area contributed by atoms with Crippen molar-refractivity contribution in [2.24, 2.45) is 16.1 Å². The molecule has 36 heavy (non-hydrogen) atoms. The fourth-order valence-electron chi connectivity index (χ4n) is 3.07. The summed E-state index contributed by atoms with van der Waals surface area (Å²) in [7, 11) is 3.86. The van der Waals surface area contributed by atoms with Gasteiger partial charge in [0.05, 0.1) is 16.9 Å². The molecular weight excluding hydrogens is 457 g/mol. The van der Waals surface area contributed by atoms with Gasteiger partial charge in [-0.3, -0.25) is 10.2 Å². The standard InChI is InChI=1S/C27H28FN7O/c1-34(2)18-17-31-26(36)19-35(33-32-24-15-11-22(12-16-24)27(29)30)25-6-4-3-5-21(25)10-7-20-8-13-23(28)14-9-20/h3-6,8-9,11-16H,17-19H2,1-2H3,(H3,29,30)(H,31,36). The summed E-state index contributed by atoms with van der Waals surface area (Å²) in [4.78, 5) is 14.7. The van der Waals surface area contributed by atoms with E-state index in [0.29, 0.717) is 41.2 Å². The van der Waals surface area contributed by atoms with E-state index < -0.39 is 0 Å². The highest BCUT2D eigenvalue weighted by Gasteiger charge is 2.14. The summed E-state index contributed by atoms with van der Waals surface area (Å²) in [5, 5.41) is 20.5. The summed E-state index contributed by atoms with van der Waals surface area (Å²) in [5.41, 5.74) is 8.51. The molecule has 9 heteroatoms. The van der Waals surface area contributed by atoms with E-state index in [2.05, 4.69) is 27.5 Å². The largest absolute Gasteiger partial charge is 0.384 e. The van der Waals surface area contributed by atoms with Crippen LogP contribution in [0.25, 0.3) is 0 Å². The fraction of sp³-hybridized carbons (Fsp3) is 0.185. The number of para-hydroxylation sites is 1. The van der Waals surface area contributed by atoms with Crippen molar-refractivity contribution in [2.75, 3.05) is 38.7 Å². The summed E-state index contributed by atoms with van der Waals surface area (Å²) in [5.74, 6) is 5.52. The number of likely N-dealkylation sites (N-methyl/N-ethyl adjacent to an activating group) is 1. The first-order chi connectivity index (χ1) is 17.3. The highest BCUT2D eigenvalue weighted by Crippen LogP contribution is 2.22. The highest BCUT2D eigenvalue weighted by molar-refractivity contribution is 5.95. The second kappa shape index (κ2) is 12.8. The van der Waals surface area contributed by atoms with Crippen LogP contribution < -0.4 is 16.1 Å². The molecule has 0 unspecified atom stereocenters. The molecule has 0 bridgehead atoms. The summed E-state index contributed by atoms with van der Waals surface area (Å²) in [6, 6.07) is 19.9. The number of carbonyl (C=O) groups excluding carboxylic acids is 1. The zero-order chi connectivity index (χ0) is 25.9. The zero-order valence-corrected chi connectivity index (χ0v) is 20.2. The maximum atomic E-state index is 13.2. The Kier molecular flexibility index (Phi) is 9.26. The molecule has 0 radical (unpaired) electrons. The molecule has 0 saturated heterocycles. The molecule has 3 aromatic carbocycles. The van der Waals surface area contributed by atoms with Crippen molar-refractivity contribution in [3.05, 3.63) is 95.3 Å². The number of amides is 1. The number of hydrogen-bond donors (Lipinski definition) is 3. The predicted molar refractivity (Wildman–Crippen MR) is 140 cm³/mol. The Hall–Kier alpha value is -4.55. The van der Waals surface area contributed by atoms with Crippen LogP contribution >= 0.6 is 0 Å². The third-order valence-electron chi connectivity index (χ3n) is 4.99. The van der Waals surface area contributed by atoms with Gasteiger partial charge in [0.15, 0.2) is 0 Å². The van der Waals surface area contributed by atoms with E-state index in [0.717, 1.165) is 0 Å². The van der Waals surface area contributed by atoms with E-state index in [1.54, 1.807) is 42.5 Å². The Morgan fingerprint density at radius 3 is 2.39 bits per heavy atom. The number of nitrogens with two attached hydrogens (primary N) is 1. The molecule has 8 nitrogen and oxygen atoms in total. The molecular formula is C27H28FN7O. The van der Waals surface area contributed by atoms with E-state index in [4.69, 9.17) is 11.1 Å². The van der Waals surface area contributed by atoms with Gasteiger partial charge in [0.1, 0.15) is 18.2 Å². The monoisotopic (exact) mass is 485 g/mol. The van der Waals surface area contributed by atoms with Gasteiger partial charge in [-0.1, -0.05) is 29.2 Å².